The van der Waals surface area contributed by atoms with Crippen LogP contribution in [0.1, 0.15) is 67.0 Å². The molecule has 1 saturated heterocycles. The molecule has 0 radical (unpaired) electrons. The van der Waals surface area contributed by atoms with E-state index in [4.69, 9.17) is 4.74 Å². The highest BCUT2D eigenvalue weighted by Gasteiger charge is 2.43. The molecule has 0 bridgehead atoms. The number of anilines is 1. The minimum atomic E-state index is -0.944. The van der Waals surface area contributed by atoms with E-state index in [1.165, 1.54) is 0 Å². The summed E-state index contributed by atoms with van der Waals surface area (Å²) in [5.74, 6) is 1.05. The van der Waals surface area contributed by atoms with Crippen molar-refractivity contribution in [1.29, 1.82) is 0 Å². The summed E-state index contributed by atoms with van der Waals surface area (Å²) in [6, 6.07) is 6.20. The maximum atomic E-state index is 13.8. The van der Waals surface area contributed by atoms with Gasteiger partial charge in [-0.25, -0.2) is 0 Å². The number of nitrogens with zero attached hydrogens (tertiary/aromatic N) is 2. The fraction of sp³-hybridized carbons (Fsp3) is 0.548. The molecule has 4 rings (SSSR count). The van der Waals surface area contributed by atoms with E-state index in [1.54, 1.807) is 0 Å². The van der Waals surface area contributed by atoms with Crippen LogP contribution in [0.3, 0.4) is 0 Å². The summed E-state index contributed by atoms with van der Waals surface area (Å²) < 4.78 is 6.44. The van der Waals surface area contributed by atoms with E-state index >= 15 is 0 Å². The van der Waals surface area contributed by atoms with Gasteiger partial charge in [0.2, 0.25) is 5.91 Å². The number of amides is 2. The molecule has 2 heterocycles. The quantitative estimate of drug-likeness (QED) is 0.576. The maximum Gasteiger partial charge on any atom is 0.266 e. The molecule has 7 nitrogen and oxygen atoms in total. The summed E-state index contributed by atoms with van der Waals surface area (Å²) in [6.07, 6.45) is 3.81. The van der Waals surface area contributed by atoms with E-state index in [2.05, 4.69) is 42.3 Å². The van der Waals surface area contributed by atoms with Crippen LogP contribution in [0.5, 0.6) is 11.5 Å². The second kappa shape index (κ2) is 11.4. The molecule has 2 N–H and O–H groups in total. The first-order chi connectivity index (χ1) is 18.1. The van der Waals surface area contributed by atoms with Crippen LogP contribution in [0, 0.1) is 20.8 Å². The topological polar surface area (TPSA) is 82.1 Å². The van der Waals surface area contributed by atoms with Gasteiger partial charge in [-0.05, 0) is 81.2 Å². The van der Waals surface area contributed by atoms with Gasteiger partial charge in [-0.2, -0.15) is 0 Å². The van der Waals surface area contributed by atoms with Crippen molar-refractivity contribution in [3.8, 4) is 11.5 Å². The lowest BCUT2D eigenvalue weighted by atomic mass is 9.86. The number of aryl methyl sites for hydroxylation is 2. The number of hydrogen-bond acceptors (Lipinski definition) is 5. The first-order valence-electron chi connectivity index (χ1n) is 14.0. The third-order valence-electron chi connectivity index (χ3n) is 8.48. The van der Waals surface area contributed by atoms with Crippen LogP contribution in [0.4, 0.5) is 5.69 Å². The van der Waals surface area contributed by atoms with E-state index in [-0.39, 0.29) is 11.8 Å². The molecule has 38 heavy (non-hydrogen) atoms. The zero-order valence-corrected chi connectivity index (χ0v) is 23.9. The minimum absolute atomic E-state index is 0.00157. The molecule has 2 aliphatic rings. The predicted octanol–water partition coefficient (Wildman–Crippen LogP) is 4.70. The van der Waals surface area contributed by atoms with Gasteiger partial charge in [0.05, 0.1) is 6.54 Å². The molecule has 206 valence electrons. The minimum Gasteiger partial charge on any atom is -0.507 e. The van der Waals surface area contributed by atoms with Gasteiger partial charge in [-0.1, -0.05) is 32.0 Å². The number of phenols is 1. The molecule has 7 heteroatoms. The van der Waals surface area contributed by atoms with E-state index in [0.29, 0.717) is 44.8 Å². The van der Waals surface area contributed by atoms with Gasteiger partial charge in [0.25, 0.3) is 5.91 Å². The molecule has 2 aromatic rings. The third kappa shape index (κ3) is 5.39. The molecule has 2 aliphatic heterocycles. The Morgan fingerprint density at radius 3 is 2.34 bits per heavy atom. The van der Waals surface area contributed by atoms with Crippen LogP contribution in [0.15, 0.2) is 18.2 Å². The van der Waals surface area contributed by atoms with Crippen molar-refractivity contribution in [2.24, 2.45) is 0 Å². The lowest BCUT2D eigenvalue weighted by molar-refractivity contribution is -0.148. The largest absolute Gasteiger partial charge is 0.507 e. The van der Waals surface area contributed by atoms with Gasteiger partial charge in [-0.15, -0.1) is 0 Å². The van der Waals surface area contributed by atoms with Crippen LogP contribution < -0.4 is 10.1 Å². The maximum absolute atomic E-state index is 13.8. The average Bonchev–Trinajstić information content (AvgIpc) is 3.15. The van der Waals surface area contributed by atoms with E-state index in [9.17, 15) is 14.7 Å². The van der Waals surface area contributed by atoms with Crippen LogP contribution in [0.25, 0.3) is 0 Å². The van der Waals surface area contributed by atoms with Gasteiger partial charge >= 0.3 is 0 Å². The molecule has 2 amide bonds. The van der Waals surface area contributed by atoms with Crippen molar-refractivity contribution in [1.82, 2.24) is 9.80 Å². The number of fused-ring (bicyclic) bond motifs is 1. The number of carbonyl (C=O) groups excluding carboxylic acids is 2. The Kier molecular flexibility index (Phi) is 8.36. The normalized spacial score (nSPS) is 19.9. The van der Waals surface area contributed by atoms with Gasteiger partial charge in [0.1, 0.15) is 11.5 Å². The summed E-state index contributed by atoms with van der Waals surface area (Å²) in [5.41, 5.74) is 5.85. The fourth-order valence-electron chi connectivity index (χ4n) is 5.85. The number of nitrogens with one attached hydrogen (secondary N) is 1. The van der Waals surface area contributed by atoms with Gasteiger partial charge in [0, 0.05) is 43.9 Å². The summed E-state index contributed by atoms with van der Waals surface area (Å²) in [4.78, 5) is 30.8. The molecule has 1 atom stereocenters. The number of rotatable bonds is 6. The molecule has 1 fully saturated rings. The molecule has 2 aromatic carbocycles. The van der Waals surface area contributed by atoms with Crippen molar-refractivity contribution in [2.75, 3.05) is 38.0 Å². The lowest BCUT2D eigenvalue weighted by Crippen LogP contribution is -2.53. The molecule has 0 aliphatic carbocycles. The van der Waals surface area contributed by atoms with Gasteiger partial charge in [0.15, 0.2) is 5.60 Å². The highest BCUT2D eigenvalue weighted by atomic mass is 16.5. The summed E-state index contributed by atoms with van der Waals surface area (Å²) in [5, 5.41) is 13.6. The summed E-state index contributed by atoms with van der Waals surface area (Å²) in [7, 11) is 0. The van der Waals surface area contributed by atoms with Crippen molar-refractivity contribution >= 4 is 17.5 Å². The van der Waals surface area contributed by atoms with E-state index in [1.807, 2.05) is 32.6 Å². The number of para-hydroxylation sites is 1. The Morgan fingerprint density at radius 1 is 1.00 bits per heavy atom. The lowest BCUT2D eigenvalue weighted by Gasteiger charge is -2.39. The van der Waals surface area contributed by atoms with Crippen molar-refractivity contribution in [2.45, 2.75) is 79.2 Å². The standard InChI is InChI=1S/C31H43N3O4/c1-7-23-11-9-12-24(8-2)27(23)32-26(35)19-33-15-10-16-34(18-17-33)30(37)31(6)14-13-25-22(5)28(36)20(3)21(4)29(25)38-31/h9,11-12,36H,7-8,10,13-19H2,1-6H3,(H,32,35). The first-order valence-corrected chi connectivity index (χ1v) is 14.0. The monoisotopic (exact) mass is 521 g/mol. The number of benzene rings is 2. The zero-order valence-electron chi connectivity index (χ0n) is 23.9. The van der Waals surface area contributed by atoms with Crippen LogP contribution in [0.2, 0.25) is 0 Å². The number of ether oxygens (including phenoxy) is 1. The Balaban J connectivity index is 1.40. The zero-order chi connectivity index (χ0) is 27.6. The van der Waals surface area contributed by atoms with Crippen LogP contribution in [-0.2, 0) is 28.9 Å². The summed E-state index contributed by atoms with van der Waals surface area (Å²) >= 11 is 0. The van der Waals surface area contributed by atoms with Gasteiger partial charge in [-0.3, -0.25) is 14.5 Å². The second-order valence-corrected chi connectivity index (χ2v) is 11.0. The van der Waals surface area contributed by atoms with Crippen molar-refractivity contribution in [3.05, 3.63) is 51.6 Å². The molecule has 1 unspecified atom stereocenters. The number of hydrogen-bond donors (Lipinski definition) is 2. The number of aromatic hydroxyl groups is 1. The smallest absolute Gasteiger partial charge is 0.266 e. The van der Waals surface area contributed by atoms with Crippen molar-refractivity contribution < 1.29 is 19.4 Å². The highest BCUT2D eigenvalue weighted by molar-refractivity contribution is 5.94. The Morgan fingerprint density at radius 2 is 1.68 bits per heavy atom. The second-order valence-electron chi connectivity index (χ2n) is 11.0. The van der Waals surface area contributed by atoms with Gasteiger partial charge < -0.3 is 20.1 Å². The third-order valence-corrected chi connectivity index (χ3v) is 8.48. The molecule has 0 aromatic heterocycles. The highest BCUT2D eigenvalue weighted by Crippen LogP contribution is 2.43. The predicted molar refractivity (Wildman–Crippen MR) is 151 cm³/mol. The molecule has 0 saturated carbocycles. The average molecular weight is 522 g/mol. The van der Waals surface area contributed by atoms with E-state index in [0.717, 1.165) is 70.6 Å². The SMILES string of the molecule is CCc1cccc(CC)c1NC(=O)CN1CCCN(C(=O)C2(C)CCc3c(C)c(O)c(C)c(C)c3O2)CC1. The van der Waals surface area contributed by atoms with Crippen LogP contribution in [-0.4, -0.2) is 65.0 Å². The Hall–Kier alpha value is -3.06. The first kappa shape index (κ1) is 28.0. The fourth-order valence-corrected chi connectivity index (χ4v) is 5.85. The molecular weight excluding hydrogens is 478 g/mol. The number of carbonyl (C=O) groups is 2. The Bertz CT molecular complexity index is 1200. The number of phenolic OH excluding ortho intramolecular Hbond substituents is 1. The van der Waals surface area contributed by atoms with E-state index < -0.39 is 5.60 Å². The summed E-state index contributed by atoms with van der Waals surface area (Å²) in [6.45, 7) is 14.8. The Labute approximate surface area is 227 Å². The van der Waals surface area contributed by atoms with Crippen molar-refractivity contribution in [3.63, 3.8) is 0 Å². The van der Waals surface area contributed by atoms with Crippen LogP contribution >= 0.6 is 0 Å². The molecule has 0 spiro atoms. The molecular formula is C31H43N3O4.